The van der Waals surface area contributed by atoms with Gasteiger partial charge >= 0.3 is 12.1 Å². The molecule has 2 aromatic rings. The maximum Gasteiger partial charge on any atom is 0.417 e. The molecular weight excluding hydrogens is 473 g/mol. The average molecular weight is 496 g/mol. The first-order valence-corrected chi connectivity index (χ1v) is 10.6. The number of esters is 1. The Morgan fingerprint density at radius 1 is 1.26 bits per heavy atom. The number of hydrogen-bond acceptors (Lipinski definition) is 8. The molecule has 2 aliphatic rings. The van der Waals surface area contributed by atoms with Crippen molar-refractivity contribution in [2.45, 2.75) is 37.6 Å². The van der Waals surface area contributed by atoms with Gasteiger partial charge in [0.25, 0.3) is 0 Å². The fraction of sp³-hybridized carbons (Fsp3) is 0.478. The number of ether oxygens (including phenoxy) is 4. The summed E-state index contributed by atoms with van der Waals surface area (Å²) < 4.78 is 62.6. The van der Waals surface area contributed by atoms with Crippen molar-refractivity contribution in [1.82, 2.24) is 4.57 Å². The first kappa shape index (κ1) is 24.8. The van der Waals surface area contributed by atoms with E-state index < -0.39 is 52.2 Å². The maximum absolute atomic E-state index is 13.5. The normalized spacial score (nSPS) is 24.9. The lowest BCUT2D eigenvalue weighted by Gasteiger charge is -2.28. The van der Waals surface area contributed by atoms with Crippen molar-refractivity contribution >= 4 is 5.97 Å². The van der Waals surface area contributed by atoms with Gasteiger partial charge < -0.3 is 29.2 Å². The molecule has 1 aromatic heterocycles. The van der Waals surface area contributed by atoms with E-state index in [9.17, 15) is 28.2 Å². The van der Waals surface area contributed by atoms with Crippen molar-refractivity contribution in [2.75, 3.05) is 27.1 Å². The fourth-order valence-corrected chi connectivity index (χ4v) is 5.02. The van der Waals surface area contributed by atoms with Crippen molar-refractivity contribution < 1.29 is 47.1 Å². The molecule has 0 aliphatic carbocycles. The second-order valence-corrected chi connectivity index (χ2v) is 8.75. The number of nitrogens with zero attached hydrogens (tertiary/aromatic N) is 2. The lowest BCUT2D eigenvalue weighted by molar-refractivity contribution is -0.168. The third kappa shape index (κ3) is 3.80. The number of methoxy groups -OCH3 is 1. The highest BCUT2D eigenvalue weighted by atomic mass is 19.4. The molecule has 188 valence electrons. The second kappa shape index (κ2) is 8.44. The topological polar surface area (TPSA) is 123 Å². The highest BCUT2D eigenvalue weighted by Gasteiger charge is 2.66. The summed E-state index contributed by atoms with van der Waals surface area (Å²) in [7, 11) is 1.50. The zero-order valence-corrected chi connectivity index (χ0v) is 19.1. The van der Waals surface area contributed by atoms with Crippen LogP contribution in [0.2, 0.25) is 0 Å². The number of rotatable bonds is 7. The molecule has 2 unspecified atom stereocenters. The standard InChI is InChI=1S/C23H23F3N2O7/c1-21-9-15(20(31)34-11-33-7-6-32-3)22(2,35-21)17-16(21)18(29)28(19(17)30)13-5-4-12(10-27)14(8-13)23(24,25)26/h4-5,8,15,29-30H,6-7,9,11H2,1-3H3/t15-,21?,22?/m0/s1. The lowest BCUT2D eigenvalue weighted by atomic mass is 9.73. The van der Waals surface area contributed by atoms with E-state index in [0.29, 0.717) is 12.7 Å². The summed E-state index contributed by atoms with van der Waals surface area (Å²) >= 11 is 0. The van der Waals surface area contributed by atoms with E-state index in [1.165, 1.54) is 19.2 Å². The number of fused-ring (bicyclic) bond motifs is 5. The molecule has 0 radical (unpaired) electrons. The van der Waals surface area contributed by atoms with Crippen LogP contribution in [0.1, 0.15) is 42.5 Å². The van der Waals surface area contributed by atoms with E-state index in [0.717, 1.165) is 10.6 Å². The zero-order valence-electron chi connectivity index (χ0n) is 19.1. The van der Waals surface area contributed by atoms with Gasteiger partial charge in [-0.15, -0.1) is 0 Å². The molecule has 4 rings (SSSR count). The van der Waals surface area contributed by atoms with Gasteiger partial charge in [0.05, 0.1) is 58.7 Å². The molecule has 3 heterocycles. The van der Waals surface area contributed by atoms with Crippen LogP contribution in [0.3, 0.4) is 0 Å². The van der Waals surface area contributed by atoms with Gasteiger partial charge in [0.15, 0.2) is 6.79 Å². The molecule has 0 saturated carbocycles. The van der Waals surface area contributed by atoms with Crippen molar-refractivity contribution in [3.63, 3.8) is 0 Å². The van der Waals surface area contributed by atoms with E-state index in [-0.39, 0.29) is 36.6 Å². The smallest absolute Gasteiger partial charge is 0.417 e. The largest absolute Gasteiger partial charge is 0.494 e. The van der Waals surface area contributed by atoms with Gasteiger partial charge in [-0.1, -0.05) is 0 Å². The van der Waals surface area contributed by atoms with Crippen molar-refractivity contribution in [1.29, 1.82) is 5.26 Å². The predicted octanol–water partition coefficient (Wildman–Crippen LogP) is 3.42. The van der Waals surface area contributed by atoms with Crippen molar-refractivity contribution in [3.8, 4) is 23.5 Å². The summed E-state index contributed by atoms with van der Waals surface area (Å²) in [4.78, 5) is 12.8. The van der Waals surface area contributed by atoms with Gasteiger partial charge in [-0.2, -0.15) is 18.4 Å². The van der Waals surface area contributed by atoms with Crippen LogP contribution in [0, 0.1) is 17.2 Å². The predicted molar refractivity (Wildman–Crippen MR) is 111 cm³/mol. The summed E-state index contributed by atoms with van der Waals surface area (Å²) in [5, 5.41) is 31.1. The van der Waals surface area contributed by atoms with Crippen LogP contribution in [0.5, 0.6) is 11.8 Å². The van der Waals surface area contributed by atoms with Crippen LogP contribution in [0.4, 0.5) is 13.2 Å². The van der Waals surface area contributed by atoms with Gasteiger partial charge in [0.1, 0.15) is 5.60 Å². The number of halogens is 3. The van der Waals surface area contributed by atoms with Gasteiger partial charge in [0.2, 0.25) is 11.8 Å². The quantitative estimate of drug-likeness (QED) is 0.340. The van der Waals surface area contributed by atoms with E-state index in [1.54, 1.807) is 13.8 Å². The Balaban J connectivity index is 1.72. The van der Waals surface area contributed by atoms with E-state index in [4.69, 9.17) is 24.2 Å². The van der Waals surface area contributed by atoms with Crippen LogP contribution in [-0.2, 0) is 41.1 Å². The summed E-state index contributed by atoms with van der Waals surface area (Å²) in [6.07, 6.45) is -4.73. The summed E-state index contributed by atoms with van der Waals surface area (Å²) in [6.45, 7) is 3.37. The molecule has 1 saturated heterocycles. The minimum absolute atomic E-state index is 0.0870. The van der Waals surface area contributed by atoms with Gasteiger partial charge in [0, 0.05) is 7.11 Å². The zero-order chi connectivity index (χ0) is 25.8. The van der Waals surface area contributed by atoms with Crippen molar-refractivity contribution in [3.05, 3.63) is 40.5 Å². The third-order valence-electron chi connectivity index (χ3n) is 6.53. The van der Waals surface area contributed by atoms with Gasteiger partial charge in [-0.05, 0) is 38.5 Å². The minimum Gasteiger partial charge on any atom is -0.494 e. The minimum atomic E-state index is -4.83. The molecule has 2 N–H and O–H groups in total. The van der Waals surface area contributed by atoms with E-state index in [2.05, 4.69) is 0 Å². The van der Waals surface area contributed by atoms with E-state index >= 15 is 0 Å². The molecule has 0 amide bonds. The van der Waals surface area contributed by atoms with Gasteiger partial charge in [-0.3, -0.25) is 9.36 Å². The Kier molecular flexibility index (Phi) is 5.99. The van der Waals surface area contributed by atoms with Crippen LogP contribution < -0.4 is 0 Å². The summed E-state index contributed by atoms with van der Waals surface area (Å²) in [5.74, 6) is -2.62. The molecule has 1 fully saturated rings. The number of carbonyl (C=O) groups is 1. The Hall–Kier alpha value is -3.27. The van der Waals surface area contributed by atoms with Crippen molar-refractivity contribution in [2.24, 2.45) is 5.92 Å². The first-order valence-electron chi connectivity index (χ1n) is 10.6. The first-order chi connectivity index (χ1) is 16.4. The molecule has 1 aromatic carbocycles. The van der Waals surface area contributed by atoms with Gasteiger partial charge in [-0.25, -0.2) is 0 Å². The van der Waals surface area contributed by atoms with E-state index in [1.807, 2.05) is 0 Å². The number of aromatic hydroxyl groups is 2. The maximum atomic E-state index is 13.5. The Morgan fingerprint density at radius 3 is 2.57 bits per heavy atom. The number of alkyl halides is 3. The van der Waals surface area contributed by atoms with Crippen LogP contribution >= 0.6 is 0 Å². The monoisotopic (exact) mass is 496 g/mol. The lowest BCUT2D eigenvalue weighted by Crippen LogP contribution is -2.36. The number of aromatic nitrogens is 1. The Morgan fingerprint density at radius 2 is 1.94 bits per heavy atom. The number of hydrogen-bond donors (Lipinski definition) is 2. The summed E-state index contributed by atoms with van der Waals surface area (Å²) in [6, 6.07) is 4.30. The fourth-order valence-electron chi connectivity index (χ4n) is 5.02. The third-order valence-corrected chi connectivity index (χ3v) is 6.53. The molecule has 35 heavy (non-hydrogen) atoms. The highest BCUT2D eigenvalue weighted by Crippen LogP contribution is 2.66. The molecule has 3 atom stereocenters. The summed E-state index contributed by atoms with van der Waals surface area (Å²) in [5.41, 5.74) is -4.39. The molecule has 9 nitrogen and oxygen atoms in total. The number of benzene rings is 1. The molecule has 2 aliphatic heterocycles. The second-order valence-electron chi connectivity index (χ2n) is 8.75. The Bertz CT molecular complexity index is 1220. The molecular formula is C23H23F3N2O7. The molecule has 0 spiro atoms. The SMILES string of the molecule is COCCOCOC(=O)[C@@H]1CC2(C)OC1(C)c1c2c(O)n(-c2ccc(C#N)c(C(F)(F)F)c2)c1O. The van der Waals surface area contributed by atoms with Crippen LogP contribution in [0.25, 0.3) is 5.69 Å². The van der Waals surface area contributed by atoms with Crippen LogP contribution in [-0.4, -0.2) is 47.9 Å². The number of carbonyl (C=O) groups excluding carboxylic acids is 1. The van der Waals surface area contributed by atoms with Crippen LogP contribution in [0.15, 0.2) is 18.2 Å². The Labute approximate surface area is 198 Å². The highest BCUT2D eigenvalue weighted by molar-refractivity contribution is 5.78. The average Bonchev–Trinajstić information content (AvgIpc) is 3.33. The molecule has 2 bridgehead atoms. The number of nitriles is 1. The molecule has 12 heteroatoms.